The second kappa shape index (κ2) is 7.29. The summed E-state index contributed by atoms with van der Waals surface area (Å²) in [5.41, 5.74) is 0.758. The maximum atomic E-state index is 12.7. The largest absolute Gasteiger partial charge is 0.496 e. The first-order valence-electron chi connectivity index (χ1n) is 7.33. The first-order valence-corrected chi connectivity index (χ1v) is 8.77. The summed E-state index contributed by atoms with van der Waals surface area (Å²) in [4.78, 5) is 10.7. The molecule has 1 fully saturated rings. The molecule has 1 aliphatic rings. The first kappa shape index (κ1) is 17.7. The highest BCUT2D eigenvalue weighted by Gasteiger charge is 2.30. The molecule has 1 aliphatic heterocycles. The number of piperidine rings is 1. The summed E-state index contributed by atoms with van der Waals surface area (Å²) in [5.74, 6) is -0.376. The number of carboxylic acid groups (broad SMARTS) is 1. The van der Waals surface area contributed by atoms with Crippen LogP contribution in [0.2, 0.25) is 0 Å². The second-order valence-electron chi connectivity index (χ2n) is 5.44. The van der Waals surface area contributed by atoms with Gasteiger partial charge in [0.15, 0.2) is 0 Å². The molecule has 7 nitrogen and oxygen atoms in total. The van der Waals surface area contributed by atoms with Crippen molar-refractivity contribution in [2.75, 3.05) is 26.8 Å². The quantitative estimate of drug-likeness (QED) is 0.836. The molecule has 0 amide bonds. The molecule has 1 heterocycles. The lowest BCUT2D eigenvalue weighted by Crippen LogP contribution is -2.41. The zero-order valence-electron chi connectivity index (χ0n) is 13.2. The Morgan fingerprint density at radius 2 is 2.00 bits per heavy atom. The molecule has 0 aromatic heterocycles. The van der Waals surface area contributed by atoms with Crippen molar-refractivity contribution in [2.24, 2.45) is 0 Å². The van der Waals surface area contributed by atoms with E-state index in [2.05, 4.69) is 0 Å². The number of aryl methyl sites for hydroxylation is 1. The third-order valence-corrected chi connectivity index (χ3v) is 5.74. The third-order valence-electron chi connectivity index (χ3n) is 3.85. The van der Waals surface area contributed by atoms with Gasteiger partial charge in [-0.05, 0) is 43.5 Å². The van der Waals surface area contributed by atoms with Crippen LogP contribution in [-0.2, 0) is 19.6 Å². The van der Waals surface area contributed by atoms with Crippen LogP contribution in [0, 0.1) is 6.92 Å². The van der Waals surface area contributed by atoms with Crippen molar-refractivity contribution in [3.8, 4) is 5.75 Å². The number of carboxylic acids is 1. The monoisotopic (exact) mass is 343 g/mol. The summed E-state index contributed by atoms with van der Waals surface area (Å²) in [6, 6.07) is 4.78. The summed E-state index contributed by atoms with van der Waals surface area (Å²) >= 11 is 0. The van der Waals surface area contributed by atoms with Gasteiger partial charge < -0.3 is 14.6 Å². The Balaban J connectivity index is 2.04. The van der Waals surface area contributed by atoms with E-state index >= 15 is 0 Å². The van der Waals surface area contributed by atoms with Crippen LogP contribution < -0.4 is 4.74 Å². The minimum absolute atomic E-state index is 0.213. The number of nitrogens with zero attached hydrogens (tertiary/aromatic N) is 1. The summed E-state index contributed by atoms with van der Waals surface area (Å²) < 4.78 is 37.1. The Bertz CT molecular complexity index is 665. The predicted octanol–water partition coefficient (Wildman–Crippen LogP) is 1.26. The van der Waals surface area contributed by atoms with Crippen LogP contribution in [0.3, 0.4) is 0 Å². The molecule has 8 heteroatoms. The SMILES string of the molecule is COc1ccc(S(=O)(=O)N2CCC(OCC(=O)O)CC2)cc1C. The van der Waals surface area contributed by atoms with E-state index in [9.17, 15) is 13.2 Å². The number of sulfonamides is 1. The van der Waals surface area contributed by atoms with Gasteiger partial charge in [0.05, 0.1) is 18.1 Å². The highest BCUT2D eigenvalue weighted by atomic mass is 32.2. The van der Waals surface area contributed by atoms with Gasteiger partial charge in [0, 0.05) is 13.1 Å². The van der Waals surface area contributed by atoms with E-state index in [0.29, 0.717) is 31.7 Å². The van der Waals surface area contributed by atoms with Gasteiger partial charge in [-0.15, -0.1) is 0 Å². The molecule has 128 valence electrons. The Kier molecular flexibility index (Phi) is 5.61. The van der Waals surface area contributed by atoms with Gasteiger partial charge in [-0.1, -0.05) is 0 Å². The smallest absolute Gasteiger partial charge is 0.329 e. The van der Waals surface area contributed by atoms with Gasteiger partial charge in [0.25, 0.3) is 0 Å². The van der Waals surface area contributed by atoms with Crippen LogP contribution in [0.5, 0.6) is 5.75 Å². The minimum Gasteiger partial charge on any atom is -0.496 e. The molecule has 1 aromatic rings. The fraction of sp³-hybridized carbons (Fsp3) is 0.533. The van der Waals surface area contributed by atoms with Crippen LogP contribution >= 0.6 is 0 Å². The fourth-order valence-corrected chi connectivity index (χ4v) is 4.14. The molecule has 0 aliphatic carbocycles. The molecule has 23 heavy (non-hydrogen) atoms. The molecule has 0 unspecified atom stereocenters. The van der Waals surface area contributed by atoms with E-state index in [4.69, 9.17) is 14.6 Å². The zero-order chi connectivity index (χ0) is 17.0. The van der Waals surface area contributed by atoms with Crippen molar-refractivity contribution < 1.29 is 27.8 Å². The summed E-state index contributed by atoms with van der Waals surface area (Å²) in [6.07, 6.45) is 0.763. The molecule has 1 saturated heterocycles. The van der Waals surface area contributed by atoms with Crippen LogP contribution in [0.1, 0.15) is 18.4 Å². The topological polar surface area (TPSA) is 93.1 Å². The van der Waals surface area contributed by atoms with Crippen molar-refractivity contribution in [2.45, 2.75) is 30.8 Å². The number of methoxy groups -OCH3 is 1. The van der Waals surface area contributed by atoms with E-state index < -0.39 is 16.0 Å². The number of rotatable bonds is 6. The van der Waals surface area contributed by atoms with E-state index in [-0.39, 0.29) is 17.6 Å². The summed E-state index contributed by atoms with van der Waals surface area (Å²) in [6.45, 7) is 2.08. The minimum atomic E-state index is -3.56. The Hall–Kier alpha value is -1.64. The molecular formula is C15H21NO6S. The number of hydrogen-bond donors (Lipinski definition) is 1. The van der Waals surface area contributed by atoms with Gasteiger partial charge in [-0.2, -0.15) is 4.31 Å². The van der Waals surface area contributed by atoms with E-state index in [0.717, 1.165) is 5.56 Å². The van der Waals surface area contributed by atoms with Gasteiger partial charge >= 0.3 is 5.97 Å². The highest BCUT2D eigenvalue weighted by molar-refractivity contribution is 7.89. The third kappa shape index (κ3) is 4.21. The normalized spacial score (nSPS) is 17.1. The molecule has 0 bridgehead atoms. The molecule has 2 rings (SSSR count). The average Bonchev–Trinajstić information content (AvgIpc) is 2.53. The zero-order valence-corrected chi connectivity index (χ0v) is 14.0. The summed E-state index contributed by atoms with van der Waals surface area (Å²) in [7, 11) is -2.02. The number of benzene rings is 1. The van der Waals surface area contributed by atoms with Crippen molar-refractivity contribution in [1.82, 2.24) is 4.31 Å². The van der Waals surface area contributed by atoms with Crippen molar-refractivity contribution >= 4 is 16.0 Å². The number of ether oxygens (including phenoxy) is 2. The van der Waals surface area contributed by atoms with Crippen LogP contribution in [0.4, 0.5) is 0 Å². The standard InChI is InChI=1S/C15H21NO6S/c1-11-9-13(3-4-14(11)21-2)23(19,20)16-7-5-12(6-8-16)22-10-15(17)18/h3-4,9,12H,5-8,10H2,1-2H3,(H,17,18). The molecule has 1 N–H and O–H groups in total. The first-order chi connectivity index (χ1) is 10.8. The van der Waals surface area contributed by atoms with E-state index in [1.165, 1.54) is 10.4 Å². The average molecular weight is 343 g/mol. The van der Waals surface area contributed by atoms with Gasteiger partial charge in [0.2, 0.25) is 10.0 Å². The van der Waals surface area contributed by atoms with Crippen molar-refractivity contribution in [3.63, 3.8) is 0 Å². The van der Waals surface area contributed by atoms with Crippen molar-refractivity contribution in [3.05, 3.63) is 23.8 Å². The highest BCUT2D eigenvalue weighted by Crippen LogP contribution is 2.26. The van der Waals surface area contributed by atoms with E-state index in [1.54, 1.807) is 26.2 Å². The predicted molar refractivity (Wildman–Crippen MR) is 83.1 cm³/mol. The Labute approximate surface area is 135 Å². The lowest BCUT2D eigenvalue weighted by molar-refractivity contribution is -0.145. The van der Waals surface area contributed by atoms with Gasteiger partial charge in [-0.25, -0.2) is 13.2 Å². The van der Waals surface area contributed by atoms with Gasteiger partial charge in [0.1, 0.15) is 12.4 Å². The fourth-order valence-electron chi connectivity index (χ4n) is 2.59. The maximum Gasteiger partial charge on any atom is 0.329 e. The maximum absolute atomic E-state index is 12.7. The van der Waals surface area contributed by atoms with Crippen LogP contribution in [-0.4, -0.2) is 56.7 Å². The lowest BCUT2D eigenvalue weighted by Gasteiger charge is -2.31. The molecule has 0 radical (unpaired) electrons. The Morgan fingerprint density at radius 3 is 2.52 bits per heavy atom. The second-order valence-corrected chi connectivity index (χ2v) is 7.38. The number of hydrogen-bond acceptors (Lipinski definition) is 5. The number of aliphatic carboxylic acids is 1. The molecule has 0 atom stereocenters. The van der Waals surface area contributed by atoms with Crippen molar-refractivity contribution in [1.29, 1.82) is 0 Å². The summed E-state index contributed by atoms with van der Waals surface area (Å²) in [5, 5.41) is 8.60. The van der Waals surface area contributed by atoms with E-state index in [1.807, 2.05) is 0 Å². The van der Waals surface area contributed by atoms with Crippen LogP contribution in [0.15, 0.2) is 23.1 Å². The lowest BCUT2D eigenvalue weighted by atomic mass is 10.1. The molecule has 1 aromatic carbocycles. The number of carbonyl (C=O) groups is 1. The molecular weight excluding hydrogens is 322 g/mol. The molecule has 0 saturated carbocycles. The molecule has 0 spiro atoms. The Morgan fingerprint density at radius 1 is 1.35 bits per heavy atom. The van der Waals surface area contributed by atoms with Crippen LogP contribution in [0.25, 0.3) is 0 Å². The van der Waals surface area contributed by atoms with Gasteiger partial charge in [-0.3, -0.25) is 0 Å².